The minimum Gasteiger partial charge on any atom is -0.358 e. The molecule has 0 saturated carbocycles. The summed E-state index contributed by atoms with van der Waals surface area (Å²) in [5, 5.41) is 11.0. The Bertz CT molecular complexity index is 394. The largest absolute Gasteiger partial charge is 0.389 e. The first-order valence-electron chi connectivity index (χ1n) is 3.72. The Morgan fingerprint density at radius 1 is 1.67 bits per heavy atom. The van der Waals surface area contributed by atoms with Gasteiger partial charge >= 0.3 is 11.8 Å². The zero-order chi connectivity index (χ0) is 11.4. The monoisotopic (exact) mass is 212 g/mol. The molecule has 15 heavy (non-hydrogen) atoms. The van der Waals surface area contributed by atoms with Gasteiger partial charge in [-0.1, -0.05) is 0 Å². The van der Waals surface area contributed by atoms with Crippen LogP contribution in [0.3, 0.4) is 0 Å². The number of aromatic nitrogens is 1. The summed E-state index contributed by atoms with van der Waals surface area (Å²) in [6, 6.07) is 1.80. The van der Waals surface area contributed by atoms with Crippen molar-refractivity contribution in [3.63, 3.8) is 0 Å². The van der Waals surface area contributed by atoms with E-state index in [0.29, 0.717) is 5.01 Å². The van der Waals surface area contributed by atoms with E-state index in [1.54, 1.807) is 5.43 Å². The van der Waals surface area contributed by atoms with E-state index in [-0.39, 0.29) is 5.69 Å². The summed E-state index contributed by atoms with van der Waals surface area (Å²) in [6.07, 6.45) is 1.22. The molecule has 1 heterocycles. The molecule has 1 aromatic heterocycles. The quantitative estimate of drug-likeness (QED) is 0.255. The number of nitrogens with two attached hydrogens (primary N) is 2. The van der Waals surface area contributed by atoms with Gasteiger partial charge in [0.2, 0.25) is 0 Å². The number of nitro groups is 1. The summed E-state index contributed by atoms with van der Waals surface area (Å²) in [5.41, 5.74) is 1.59. The van der Waals surface area contributed by atoms with Crippen LogP contribution < -0.4 is 22.1 Å². The number of anilines is 1. The highest BCUT2D eigenvalue weighted by atomic mass is 16.6. The van der Waals surface area contributed by atoms with E-state index in [2.05, 4.69) is 4.98 Å². The van der Waals surface area contributed by atoms with Crippen LogP contribution in [0.4, 0.5) is 16.3 Å². The van der Waals surface area contributed by atoms with Crippen molar-refractivity contribution in [3.8, 4) is 0 Å². The van der Waals surface area contributed by atoms with Crippen LogP contribution in [-0.4, -0.2) is 15.9 Å². The summed E-state index contributed by atoms with van der Waals surface area (Å²) in [4.78, 5) is 24.3. The van der Waals surface area contributed by atoms with Crippen LogP contribution in [0.5, 0.6) is 0 Å². The van der Waals surface area contributed by atoms with Gasteiger partial charge in [0.25, 0.3) is 0 Å². The molecule has 0 radical (unpaired) electrons. The Hall–Kier alpha value is -2.26. The van der Waals surface area contributed by atoms with E-state index in [4.69, 9.17) is 11.7 Å². The molecule has 1 aromatic rings. The molecule has 9 heteroatoms. The lowest BCUT2D eigenvalue weighted by atomic mass is 10.4. The maximum Gasteiger partial charge on any atom is 0.389 e. The predicted molar refractivity (Wildman–Crippen MR) is 50.3 cm³/mol. The molecule has 2 amide bonds. The Morgan fingerprint density at radius 3 is 2.87 bits per heavy atom. The van der Waals surface area contributed by atoms with Crippen LogP contribution in [0.25, 0.3) is 0 Å². The van der Waals surface area contributed by atoms with Crippen molar-refractivity contribution in [2.75, 3.05) is 5.01 Å². The molecule has 9 nitrogen and oxygen atoms in total. The minimum atomic E-state index is -0.883. The fourth-order valence-corrected chi connectivity index (χ4v) is 0.896. The van der Waals surface area contributed by atoms with Crippen LogP contribution in [0, 0.1) is 10.1 Å². The molecule has 0 aromatic carbocycles. The summed E-state index contributed by atoms with van der Waals surface area (Å²) in [7, 11) is 0. The molecule has 0 aliphatic heterocycles. The van der Waals surface area contributed by atoms with Crippen molar-refractivity contribution in [2.24, 2.45) is 11.7 Å². The van der Waals surface area contributed by atoms with E-state index in [1.807, 2.05) is 0 Å². The number of rotatable bonds is 2. The van der Waals surface area contributed by atoms with E-state index in [9.17, 15) is 14.9 Å². The fraction of sp³-hybridized carbons (Fsp3) is 0. The predicted octanol–water partition coefficient (Wildman–Crippen LogP) is -0.747. The highest BCUT2D eigenvalue weighted by molar-refractivity contribution is 5.92. The van der Waals surface area contributed by atoms with Gasteiger partial charge in [-0.15, -0.1) is 0 Å². The first-order chi connectivity index (χ1) is 7.07. The van der Waals surface area contributed by atoms with Gasteiger partial charge in [-0.25, -0.2) is 21.5 Å². The van der Waals surface area contributed by atoms with Gasteiger partial charge in [0.1, 0.15) is 6.20 Å². The molecular weight excluding hydrogens is 204 g/mol. The normalized spacial score (nSPS) is 9.47. The average molecular weight is 212 g/mol. The minimum absolute atomic E-state index is 0.148. The van der Waals surface area contributed by atoms with E-state index in [1.165, 1.54) is 18.3 Å². The molecular formula is C6H8N6O3. The highest BCUT2D eigenvalue weighted by Gasteiger charge is 2.22. The first kappa shape index (κ1) is 10.8. The van der Waals surface area contributed by atoms with E-state index >= 15 is 0 Å². The average Bonchev–Trinajstić information content (AvgIpc) is 2.27. The lowest BCUT2D eigenvalue weighted by Gasteiger charge is -2.14. The molecule has 0 spiro atoms. The summed E-state index contributed by atoms with van der Waals surface area (Å²) < 4.78 is 0. The van der Waals surface area contributed by atoms with Gasteiger partial charge < -0.3 is 10.1 Å². The lowest BCUT2D eigenvalue weighted by molar-refractivity contribution is -0.388. The van der Waals surface area contributed by atoms with Crippen LogP contribution in [0.1, 0.15) is 0 Å². The number of nitrogens with one attached hydrogen (secondary N) is 1. The maximum atomic E-state index is 11.0. The van der Waals surface area contributed by atoms with Gasteiger partial charge in [-0.3, -0.25) is 5.43 Å². The third-order valence-corrected chi connectivity index (χ3v) is 1.54. The molecule has 0 saturated heterocycles. The summed E-state index contributed by atoms with van der Waals surface area (Å²) >= 11 is 0. The number of carbonyl (C=O) groups excluding carboxylic acids is 1. The molecule has 5 N–H and O–H groups in total. The molecule has 80 valence electrons. The molecule has 0 fully saturated rings. The Morgan fingerprint density at radius 2 is 2.33 bits per heavy atom. The van der Waals surface area contributed by atoms with Crippen LogP contribution >= 0.6 is 0 Å². The number of nitrogens with zero attached hydrogens (tertiary/aromatic N) is 3. The van der Waals surface area contributed by atoms with Crippen molar-refractivity contribution in [1.82, 2.24) is 10.4 Å². The van der Waals surface area contributed by atoms with Crippen LogP contribution in [0.15, 0.2) is 18.3 Å². The van der Waals surface area contributed by atoms with Crippen LogP contribution in [0.2, 0.25) is 0 Å². The second-order valence-electron chi connectivity index (χ2n) is 2.42. The summed E-state index contributed by atoms with van der Waals surface area (Å²) in [6.45, 7) is 0. The third kappa shape index (κ3) is 2.15. The Balaban J connectivity index is 3.13. The lowest BCUT2D eigenvalue weighted by Crippen LogP contribution is -2.47. The Kier molecular flexibility index (Phi) is 3.10. The number of pyridine rings is 1. The van der Waals surface area contributed by atoms with E-state index < -0.39 is 16.8 Å². The van der Waals surface area contributed by atoms with Crippen molar-refractivity contribution in [1.29, 1.82) is 0 Å². The number of hydrogen-bond acceptors (Lipinski definition) is 6. The number of amides is 2. The molecule has 0 bridgehead atoms. The topological polar surface area (TPSA) is 140 Å². The first-order valence-corrected chi connectivity index (χ1v) is 3.72. The van der Waals surface area contributed by atoms with Crippen molar-refractivity contribution >= 4 is 17.5 Å². The number of hydrogen-bond donors (Lipinski definition) is 3. The number of carbonyl (C=O) groups is 1. The molecule has 0 aliphatic carbocycles. The Labute approximate surface area is 83.8 Å². The van der Waals surface area contributed by atoms with Gasteiger partial charge in [0, 0.05) is 0 Å². The second kappa shape index (κ2) is 4.30. The number of hydrazine groups is 2. The van der Waals surface area contributed by atoms with Crippen LogP contribution in [-0.2, 0) is 0 Å². The smallest absolute Gasteiger partial charge is 0.358 e. The zero-order valence-electron chi connectivity index (χ0n) is 7.45. The third-order valence-electron chi connectivity index (χ3n) is 1.54. The standard InChI is InChI=1S/C6H8N6O3/c7-10-6(13)11(8)4-2-1-3-9-5(4)12(14)15/h1-3H,7-8H2,(H,10,13). The van der Waals surface area contributed by atoms with Crippen molar-refractivity contribution in [2.45, 2.75) is 0 Å². The maximum absolute atomic E-state index is 11.0. The van der Waals surface area contributed by atoms with E-state index in [0.717, 1.165) is 0 Å². The molecule has 1 rings (SSSR count). The van der Waals surface area contributed by atoms with Gasteiger partial charge in [0.15, 0.2) is 5.69 Å². The van der Waals surface area contributed by atoms with Gasteiger partial charge in [-0.05, 0) is 22.0 Å². The fourth-order valence-electron chi connectivity index (χ4n) is 0.896. The zero-order valence-corrected chi connectivity index (χ0v) is 7.45. The second-order valence-corrected chi connectivity index (χ2v) is 2.42. The SMILES string of the molecule is NNC(=O)N(N)c1cccnc1[N+](=O)[O-]. The van der Waals surface area contributed by atoms with Crippen molar-refractivity contribution in [3.05, 3.63) is 28.4 Å². The summed E-state index contributed by atoms with van der Waals surface area (Å²) in [5.74, 6) is 9.59. The van der Waals surface area contributed by atoms with Gasteiger partial charge in [0.05, 0.1) is 0 Å². The van der Waals surface area contributed by atoms with Gasteiger partial charge in [-0.2, -0.15) is 0 Å². The highest BCUT2D eigenvalue weighted by Crippen LogP contribution is 2.22. The van der Waals surface area contributed by atoms with Crippen molar-refractivity contribution < 1.29 is 9.72 Å². The molecule has 0 unspecified atom stereocenters. The molecule has 0 aliphatic rings. The number of urea groups is 1. The molecule has 0 atom stereocenters.